The van der Waals surface area contributed by atoms with Crippen LogP contribution >= 0.6 is 10.3 Å². The van der Waals surface area contributed by atoms with E-state index in [1.54, 1.807) is 28.4 Å². The van der Waals surface area contributed by atoms with Crippen molar-refractivity contribution in [3.05, 3.63) is 53.9 Å². The molecule has 42 heavy (non-hydrogen) atoms. The standard InChI is InChI=1S/C31H40FN7O2S.2H2/c1-19-16-39-17-21(14-24(32)29(39)33-19)35-30(40)22-6-7-26(23-18-37(5)36-28(22)23)38-10-8-20(9-11-38)34-25-15-27(25)41-42(12-13-42)31(2,3)4;;/h6-7,14,16-18,20,25,27,34H,8-13,15H2,1-5H3,(H,35,40);2*1H/t25-,27-;;/m1../s1. The Balaban J connectivity index is 0.00000192. The third-order valence-electron chi connectivity index (χ3n) is 8.91. The molecule has 2 atom stereocenters. The first-order valence-electron chi connectivity index (χ1n) is 14.9. The molecule has 228 valence electrons. The number of amides is 1. The quantitative estimate of drug-likeness (QED) is 0.267. The number of nitrogens with one attached hydrogen (secondary N) is 2. The minimum absolute atomic E-state index is 0. The molecule has 3 aliphatic rings. The van der Waals surface area contributed by atoms with Gasteiger partial charge in [-0.25, -0.2) is 9.37 Å². The highest BCUT2D eigenvalue weighted by Crippen LogP contribution is 2.72. The molecule has 1 saturated carbocycles. The second kappa shape index (κ2) is 9.96. The van der Waals surface area contributed by atoms with E-state index < -0.39 is 16.1 Å². The number of carbonyl (C=O) groups is 1. The van der Waals surface area contributed by atoms with Crippen molar-refractivity contribution >= 4 is 44.1 Å². The number of imidazole rings is 1. The van der Waals surface area contributed by atoms with E-state index in [0.717, 1.165) is 43.4 Å². The summed E-state index contributed by atoms with van der Waals surface area (Å²) in [4.78, 5) is 19.9. The number of fused-ring (bicyclic) bond motifs is 2. The number of benzene rings is 1. The summed E-state index contributed by atoms with van der Waals surface area (Å²) in [5.41, 5.74) is 3.49. The predicted octanol–water partition coefficient (Wildman–Crippen LogP) is 5.66. The average molecular weight is 598 g/mol. The van der Waals surface area contributed by atoms with Crippen LogP contribution in [0, 0.1) is 12.7 Å². The lowest BCUT2D eigenvalue weighted by Gasteiger charge is -2.36. The van der Waals surface area contributed by atoms with E-state index in [1.165, 1.54) is 17.6 Å². The Morgan fingerprint density at radius 2 is 1.93 bits per heavy atom. The number of halogens is 1. The lowest BCUT2D eigenvalue weighted by atomic mass is 10.0. The van der Waals surface area contributed by atoms with Gasteiger partial charge in [0.1, 0.15) is 5.52 Å². The topological polar surface area (TPSA) is 88.7 Å². The summed E-state index contributed by atoms with van der Waals surface area (Å²) in [7, 11) is 1.00. The van der Waals surface area contributed by atoms with Crippen molar-refractivity contribution in [3.8, 4) is 0 Å². The molecule has 3 fully saturated rings. The number of aromatic nitrogens is 4. The van der Waals surface area contributed by atoms with Crippen LogP contribution in [-0.4, -0.2) is 72.6 Å². The maximum atomic E-state index is 14.6. The van der Waals surface area contributed by atoms with Crippen LogP contribution in [0.4, 0.5) is 15.8 Å². The van der Waals surface area contributed by atoms with Crippen molar-refractivity contribution in [2.45, 2.75) is 69.9 Å². The van der Waals surface area contributed by atoms with Crippen LogP contribution in [0.5, 0.6) is 0 Å². The summed E-state index contributed by atoms with van der Waals surface area (Å²) in [5, 5.41) is 12.3. The van der Waals surface area contributed by atoms with Crippen LogP contribution in [0.2, 0.25) is 0 Å². The van der Waals surface area contributed by atoms with Gasteiger partial charge >= 0.3 is 0 Å². The Morgan fingerprint density at radius 3 is 2.64 bits per heavy atom. The first-order valence-corrected chi connectivity index (χ1v) is 16.8. The SMILES string of the molecule is Cc1cn2cc(NC(=O)c3ccc(N4CCC(N[C@@H]5C[C@H]5OS5(C(C)(C)C)CC5)CC4)c4cn(C)nc34)cc(F)c2n1.[HH].[HH]. The first-order chi connectivity index (χ1) is 20.0. The van der Waals surface area contributed by atoms with Crippen molar-refractivity contribution in [1.29, 1.82) is 0 Å². The smallest absolute Gasteiger partial charge is 0.257 e. The van der Waals surface area contributed by atoms with Gasteiger partial charge in [-0.1, -0.05) is 20.8 Å². The van der Waals surface area contributed by atoms with Crippen molar-refractivity contribution in [2.75, 3.05) is 34.8 Å². The molecule has 2 aliphatic heterocycles. The Kier molecular flexibility index (Phi) is 6.56. The van der Waals surface area contributed by atoms with Crippen LogP contribution < -0.4 is 15.5 Å². The minimum Gasteiger partial charge on any atom is -0.371 e. The molecule has 1 aromatic carbocycles. The van der Waals surface area contributed by atoms with E-state index in [-0.39, 0.29) is 19.2 Å². The molecule has 3 aromatic heterocycles. The summed E-state index contributed by atoms with van der Waals surface area (Å²) < 4.78 is 24.9. The van der Waals surface area contributed by atoms with Crippen LogP contribution in [0.25, 0.3) is 16.6 Å². The van der Waals surface area contributed by atoms with Crippen LogP contribution in [0.15, 0.2) is 36.8 Å². The normalized spacial score (nSPS) is 23.0. The Bertz CT molecular complexity index is 1690. The van der Waals surface area contributed by atoms with Crippen LogP contribution in [0.3, 0.4) is 0 Å². The fourth-order valence-corrected chi connectivity index (χ4v) is 9.32. The second-order valence-corrected chi connectivity index (χ2v) is 16.9. The molecule has 9 nitrogen and oxygen atoms in total. The van der Waals surface area contributed by atoms with Gasteiger partial charge in [-0.15, -0.1) is 10.3 Å². The van der Waals surface area contributed by atoms with Gasteiger partial charge in [0, 0.05) is 87.1 Å². The zero-order valence-electron chi connectivity index (χ0n) is 25.0. The summed E-state index contributed by atoms with van der Waals surface area (Å²) in [6.07, 6.45) is 9.02. The Labute approximate surface area is 250 Å². The van der Waals surface area contributed by atoms with Crippen LogP contribution in [-0.2, 0) is 11.2 Å². The van der Waals surface area contributed by atoms with E-state index in [9.17, 15) is 9.18 Å². The summed E-state index contributed by atoms with van der Waals surface area (Å²) in [5.74, 6) is 1.72. The molecule has 4 aromatic rings. The van der Waals surface area contributed by atoms with Crippen molar-refractivity contribution in [2.24, 2.45) is 7.05 Å². The van der Waals surface area contributed by atoms with E-state index in [0.29, 0.717) is 40.6 Å². The molecule has 5 heterocycles. The zero-order chi connectivity index (χ0) is 29.4. The summed E-state index contributed by atoms with van der Waals surface area (Å²) in [6, 6.07) is 6.13. The number of pyridine rings is 1. The van der Waals surface area contributed by atoms with Gasteiger partial charge in [-0.05, 0) is 38.3 Å². The number of rotatable bonds is 7. The Morgan fingerprint density at radius 1 is 1.17 bits per heavy atom. The largest absolute Gasteiger partial charge is 0.371 e. The molecule has 0 radical (unpaired) electrons. The summed E-state index contributed by atoms with van der Waals surface area (Å²) >= 11 is 0. The first kappa shape index (κ1) is 27.7. The average Bonchev–Trinajstić information content (AvgIpc) is 3.79. The van der Waals surface area contributed by atoms with Crippen molar-refractivity contribution in [1.82, 2.24) is 24.5 Å². The van der Waals surface area contributed by atoms with Crippen LogP contribution in [0.1, 0.15) is 58.9 Å². The predicted molar refractivity (Wildman–Crippen MR) is 172 cm³/mol. The highest BCUT2D eigenvalue weighted by Gasteiger charge is 2.54. The van der Waals surface area contributed by atoms with E-state index in [4.69, 9.17) is 4.18 Å². The van der Waals surface area contributed by atoms with Gasteiger partial charge in [0.2, 0.25) is 0 Å². The zero-order valence-corrected chi connectivity index (χ0v) is 25.8. The number of nitrogens with zero attached hydrogens (tertiary/aromatic N) is 5. The fraction of sp³-hybridized carbons (Fsp3) is 0.516. The third kappa shape index (κ3) is 5.05. The van der Waals surface area contributed by atoms with Gasteiger partial charge in [0.05, 0.1) is 23.0 Å². The van der Waals surface area contributed by atoms with Gasteiger partial charge in [0.15, 0.2) is 11.5 Å². The highest BCUT2D eigenvalue weighted by molar-refractivity contribution is 8.36. The minimum atomic E-state index is -0.864. The number of carbonyl (C=O) groups excluding carboxylic acids is 1. The van der Waals surface area contributed by atoms with E-state index in [1.807, 2.05) is 25.4 Å². The molecule has 2 N–H and O–H groups in total. The maximum Gasteiger partial charge on any atom is 0.257 e. The van der Waals surface area contributed by atoms with E-state index >= 15 is 0 Å². The number of piperidine rings is 1. The van der Waals surface area contributed by atoms with Gasteiger partial charge in [-0.3, -0.25) is 9.48 Å². The number of anilines is 2. The molecule has 1 amide bonds. The lowest BCUT2D eigenvalue weighted by Crippen LogP contribution is -2.44. The molecular formula is C31H44FN7O2S. The monoisotopic (exact) mass is 597 g/mol. The number of aryl methyl sites for hydroxylation is 2. The molecule has 0 spiro atoms. The lowest BCUT2D eigenvalue weighted by molar-refractivity contribution is 0.102. The number of hydrogen-bond acceptors (Lipinski definition) is 6. The molecule has 11 heteroatoms. The second-order valence-electron chi connectivity index (χ2n) is 13.1. The molecule has 0 unspecified atom stereocenters. The van der Waals surface area contributed by atoms with E-state index in [2.05, 4.69) is 46.4 Å². The Hall–Kier alpha value is -3.15. The summed E-state index contributed by atoms with van der Waals surface area (Å²) in [6.45, 7) is 10.7. The maximum absolute atomic E-state index is 14.6. The molecule has 1 aliphatic carbocycles. The molecule has 7 rings (SSSR count). The molecular weight excluding hydrogens is 553 g/mol. The third-order valence-corrected chi connectivity index (χ3v) is 12.9. The van der Waals surface area contributed by atoms with Gasteiger partial charge in [0.25, 0.3) is 5.91 Å². The fourth-order valence-electron chi connectivity index (χ4n) is 6.32. The molecule has 0 bridgehead atoms. The van der Waals surface area contributed by atoms with Gasteiger partial charge in [-0.2, -0.15) is 5.10 Å². The molecule has 2 saturated heterocycles. The van der Waals surface area contributed by atoms with Crippen molar-refractivity contribution < 1.29 is 16.2 Å². The van der Waals surface area contributed by atoms with Crippen molar-refractivity contribution in [3.63, 3.8) is 0 Å². The highest BCUT2D eigenvalue weighted by atomic mass is 32.3. The number of hydrogen-bond donors (Lipinski definition) is 2. The van der Waals surface area contributed by atoms with Gasteiger partial charge < -0.3 is 24.1 Å².